The first-order valence-electron chi connectivity index (χ1n) is 6.02. The minimum Gasteiger partial charge on any atom is -0.490 e. The van der Waals surface area contributed by atoms with Crippen molar-refractivity contribution in [2.45, 2.75) is 20.3 Å². The Labute approximate surface area is 107 Å². The van der Waals surface area contributed by atoms with Crippen molar-refractivity contribution in [1.29, 1.82) is 0 Å². The van der Waals surface area contributed by atoms with E-state index >= 15 is 0 Å². The van der Waals surface area contributed by atoms with E-state index in [1.54, 1.807) is 0 Å². The lowest BCUT2D eigenvalue weighted by molar-refractivity contribution is 0.194. The number of hydrogen-bond donors (Lipinski definition) is 2. The smallest absolute Gasteiger partial charge is 0.404 e. The van der Waals surface area contributed by atoms with Gasteiger partial charge in [0.2, 0.25) is 0 Å². The van der Waals surface area contributed by atoms with Gasteiger partial charge in [-0.1, -0.05) is 6.07 Å². The molecule has 18 heavy (non-hydrogen) atoms. The van der Waals surface area contributed by atoms with Crippen molar-refractivity contribution in [3.63, 3.8) is 0 Å². The van der Waals surface area contributed by atoms with Crippen molar-refractivity contribution >= 4 is 6.09 Å². The summed E-state index contributed by atoms with van der Waals surface area (Å²) < 4.78 is 10.9. The first-order chi connectivity index (χ1) is 8.67. The minimum atomic E-state index is -1.01. The van der Waals surface area contributed by atoms with Gasteiger partial charge >= 0.3 is 6.09 Å². The number of rotatable bonds is 7. The number of carbonyl (C=O) groups is 1. The highest BCUT2D eigenvalue weighted by atomic mass is 16.5. The molecule has 0 aliphatic rings. The molecule has 0 radical (unpaired) electrons. The van der Waals surface area contributed by atoms with Crippen LogP contribution in [0, 0.1) is 0 Å². The van der Waals surface area contributed by atoms with Crippen LogP contribution in [0.1, 0.15) is 19.4 Å². The second kappa shape index (κ2) is 7.42. The van der Waals surface area contributed by atoms with Crippen LogP contribution in [0.3, 0.4) is 0 Å². The first kappa shape index (κ1) is 14.2. The number of hydrogen-bond acceptors (Lipinski definition) is 3. The topological polar surface area (TPSA) is 67.8 Å². The van der Waals surface area contributed by atoms with Gasteiger partial charge in [-0.2, -0.15) is 0 Å². The summed E-state index contributed by atoms with van der Waals surface area (Å²) in [5, 5.41) is 10.8. The van der Waals surface area contributed by atoms with E-state index in [9.17, 15) is 4.79 Å². The number of ether oxygens (including phenoxy) is 2. The van der Waals surface area contributed by atoms with Crippen molar-refractivity contribution in [2.75, 3.05) is 19.8 Å². The van der Waals surface area contributed by atoms with Gasteiger partial charge < -0.3 is 19.9 Å². The Balaban J connectivity index is 2.69. The Morgan fingerprint density at radius 1 is 1.22 bits per heavy atom. The second-order valence-corrected chi connectivity index (χ2v) is 3.63. The van der Waals surface area contributed by atoms with Gasteiger partial charge in [0.15, 0.2) is 11.5 Å². The average Bonchev–Trinajstić information content (AvgIpc) is 2.32. The molecule has 0 atom stereocenters. The van der Waals surface area contributed by atoms with Crippen LogP contribution >= 0.6 is 0 Å². The summed E-state index contributed by atoms with van der Waals surface area (Å²) in [6.45, 7) is 5.36. The van der Waals surface area contributed by atoms with E-state index in [1.165, 1.54) is 0 Å². The number of carboxylic acid groups (broad SMARTS) is 1. The number of amides is 1. The van der Waals surface area contributed by atoms with Crippen molar-refractivity contribution < 1.29 is 19.4 Å². The van der Waals surface area contributed by atoms with E-state index in [4.69, 9.17) is 14.6 Å². The molecular weight excluding hydrogens is 234 g/mol. The molecule has 0 spiro atoms. The summed E-state index contributed by atoms with van der Waals surface area (Å²) in [7, 11) is 0. The van der Waals surface area contributed by atoms with E-state index < -0.39 is 6.09 Å². The maximum absolute atomic E-state index is 10.3. The van der Waals surface area contributed by atoms with E-state index in [0.717, 1.165) is 5.56 Å². The first-order valence-corrected chi connectivity index (χ1v) is 6.02. The molecule has 0 saturated heterocycles. The van der Waals surface area contributed by atoms with Crippen LogP contribution in [0.5, 0.6) is 11.5 Å². The summed E-state index contributed by atoms with van der Waals surface area (Å²) in [4.78, 5) is 10.3. The van der Waals surface area contributed by atoms with Crippen molar-refractivity contribution in [3.8, 4) is 11.5 Å². The summed E-state index contributed by atoms with van der Waals surface area (Å²) >= 11 is 0. The zero-order valence-corrected chi connectivity index (χ0v) is 10.7. The highest BCUT2D eigenvalue weighted by Crippen LogP contribution is 2.28. The standard InChI is InChI=1S/C13H19NO4/c1-3-17-11-6-5-10(7-8-14-13(15)16)9-12(11)18-4-2/h5-6,9,14H,3-4,7-8H2,1-2H3,(H,15,16). The van der Waals surface area contributed by atoms with Crippen LogP contribution in [-0.2, 0) is 6.42 Å². The third kappa shape index (κ3) is 4.53. The lowest BCUT2D eigenvalue weighted by Gasteiger charge is -2.12. The zero-order valence-electron chi connectivity index (χ0n) is 10.7. The molecule has 5 nitrogen and oxygen atoms in total. The van der Waals surface area contributed by atoms with E-state index in [-0.39, 0.29) is 0 Å². The molecule has 2 N–H and O–H groups in total. The Kier molecular flexibility index (Phi) is 5.84. The highest BCUT2D eigenvalue weighted by molar-refractivity contribution is 5.64. The Bertz CT molecular complexity index is 393. The molecule has 0 fully saturated rings. The predicted molar refractivity (Wildman–Crippen MR) is 68.5 cm³/mol. The highest BCUT2D eigenvalue weighted by Gasteiger charge is 2.06. The predicted octanol–water partition coefficient (Wildman–Crippen LogP) is 2.29. The van der Waals surface area contributed by atoms with E-state index in [2.05, 4.69) is 5.32 Å². The Morgan fingerprint density at radius 2 is 1.89 bits per heavy atom. The molecule has 5 heteroatoms. The number of nitrogens with one attached hydrogen (secondary N) is 1. The van der Waals surface area contributed by atoms with Crippen LogP contribution in [-0.4, -0.2) is 31.0 Å². The molecule has 0 heterocycles. The molecule has 0 bridgehead atoms. The van der Waals surface area contributed by atoms with Gasteiger partial charge in [0, 0.05) is 6.54 Å². The molecular formula is C13H19NO4. The molecule has 1 aromatic rings. The Morgan fingerprint density at radius 3 is 2.50 bits per heavy atom. The fourth-order valence-corrected chi connectivity index (χ4v) is 1.56. The van der Waals surface area contributed by atoms with Gasteiger partial charge in [-0.3, -0.25) is 0 Å². The van der Waals surface area contributed by atoms with Gasteiger partial charge in [0.25, 0.3) is 0 Å². The fourth-order valence-electron chi connectivity index (χ4n) is 1.56. The summed E-state index contributed by atoms with van der Waals surface area (Å²) in [5.74, 6) is 1.42. The van der Waals surface area contributed by atoms with Gasteiger partial charge in [-0.05, 0) is 38.0 Å². The lowest BCUT2D eigenvalue weighted by atomic mass is 10.1. The molecule has 1 rings (SSSR count). The van der Waals surface area contributed by atoms with Crippen LogP contribution in [0.2, 0.25) is 0 Å². The molecule has 0 unspecified atom stereocenters. The maximum atomic E-state index is 10.3. The zero-order chi connectivity index (χ0) is 13.4. The van der Waals surface area contributed by atoms with Gasteiger partial charge in [-0.15, -0.1) is 0 Å². The summed E-state index contributed by atoms with van der Waals surface area (Å²) in [6, 6.07) is 5.65. The second-order valence-electron chi connectivity index (χ2n) is 3.63. The third-order valence-electron chi connectivity index (χ3n) is 2.30. The van der Waals surface area contributed by atoms with Crippen LogP contribution in [0.4, 0.5) is 4.79 Å². The van der Waals surface area contributed by atoms with Gasteiger partial charge in [0.05, 0.1) is 13.2 Å². The van der Waals surface area contributed by atoms with Crippen molar-refractivity contribution in [2.24, 2.45) is 0 Å². The summed E-state index contributed by atoms with van der Waals surface area (Å²) in [5.41, 5.74) is 1.01. The van der Waals surface area contributed by atoms with Crippen molar-refractivity contribution in [3.05, 3.63) is 23.8 Å². The van der Waals surface area contributed by atoms with E-state index in [1.807, 2.05) is 32.0 Å². The molecule has 1 amide bonds. The molecule has 100 valence electrons. The molecule has 0 aromatic heterocycles. The largest absolute Gasteiger partial charge is 0.490 e. The van der Waals surface area contributed by atoms with Crippen LogP contribution < -0.4 is 14.8 Å². The SMILES string of the molecule is CCOc1ccc(CCNC(=O)O)cc1OCC. The molecule has 0 saturated carbocycles. The molecule has 0 aliphatic heterocycles. The van der Waals surface area contributed by atoms with Crippen molar-refractivity contribution in [1.82, 2.24) is 5.32 Å². The number of benzene rings is 1. The normalized spacial score (nSPS) is 9.89. The average molecular weight is 253 g/mol. The lowest BCUT2D eigenvalue weighted by Crippen LogP contribution is -2.23. The third-order valence-corrected chi connectivity index (χ3v) is 2.30. The molecule has 1 aromatic carbocycles. The Hall–Kier alpha value is -1.91. The van der Waals surface area contributed by atoms with Crippen LogP contribution in [0.25, 0.3) is 0 Å². The summed E-state index contributed by atoms with van der Waals surface area (Å²) in [6.07, 6.45) is -0.385. The van der Waals surface area contributed by atoms with Gasteiger partial charge in [-0.25, -0.2) is 4.79 Å². The van der Waals surface area contributed by atoms with Crippen LogP contribution in [0.15, 0.2) is 18.2 Å². The quantitative estimate of drug-likeness (QED) is 0.782. The van der Waals surface area contributed by atoms with Gasteiger partial charge in [0.1, 0.15) is 0 Å². The minimum absolute atomic E-state index is 0.384. The fraction of sp³-hybridized carbons (Fsp3) is 0.462. The van der Waals surface area contributed by atoms with E-state index in [0.29, 0.717) is 37.7 Å². The monoisotopic (exact) mass is 253 g/mol. The maximum Gasteiger partial charge on any atom is 0.404 e. The molecule has 0 aliphatic carbocycles.